The second-order valence-electron chi connectivity index (χ2n) is 10.5. The van der Waals surface area contributed by atoms with Gasteiger partial charge in [0.25, 0.3) is 5.91 Å². The van der Waals surface area contributed by atoms with Crippen molar-refractivity contribution in [3.63, 3.8) is 0 Å². The Bertz CT molecular complexity index is 1990. The minimum absolute atomic E-state index is 0.186. The molecule has 0 saturated carbocycles. The maximum Gasteiger partial charge on any atom is 0.278 e. The fraction of sp³-hybridized carbons (Fsp3) is 0.150. The summed E-state index contributed by atoms with van der Waals surface area (Å²) in [6.07, 6.45) is 0. The van der Waals surface area contributed by atoms with Gasteiger partial charge in [0.2, 0.25) is 0 Å². The van der Waals surface area contributed by atoms with Crippen LogP contribution in [0.5, 0.6) is 23.0 Å². The molecule has 0 aliphatic rings. The van der Waals surface area contributed by atoms with Gasteiger partial charge in [0.1, 0.15) is 25.4 Å². The number of nitriles is 2. The smallest absolute Gasteiger partial charge is 0.278 e. The van der Waals surface area contributed by atoms with E-state index in [1.54, 1.807) is 30.3 Å². The average Bonchev–Trinajstić information content (AvgIpc) is 3.18. The highest BCUT2D eigenvalue weighted by Gasteiger charge is 2.21. The minimum Gasteiger partial charge on any atom is -0.493 e. The van der Waals surface area contributed by atoms with Crippen LogP contribution in [0.15, 0.2) is 115 Å². The highest BCUT2D eigenvalue weighted by Crippen LogP contribution is 2.33. The van der Waals surface area contributed by atoms with Crippen molar-refractivity contribution in [1.29, 1.82) is 10.5 Å². The lowest BCUT2D eigenvalue weighted by Gasteiger charge is -2.17. The van der Waals surface area contributed by atoms with Gasteiger partial charge in [-0.1, -0.05) is 91.0 Å². The first-order chi connectivity index (χ1) is 24.3. The van der Waals surface area contributed by atoms with Crippen LogP contribution in [0.1, 0.15) is 48.5 Å². The van der Waals surface area contributed by atoms with E-state index in [0.29, 0.717) is 47.3 Å². The third kappa shape index (κ3) is 9.26. The van der Waals surface area contributed by atoms with Crippen molar-refractivity contribution >= 4 is 11.7 Å². The summed E-state index contributed by atoms with van der Waals surface area (Å²) in [5.74, 6) is 0.944. The third-order valence-electron chi connectivity index (χ3n) is 7.39. The molecule has 10 heteroatoms. The number of amides is 1. The first kappa shape index (κ1) is 36.2. The number of rotatable bonds is 12. The molecule has 252 valence electrons. The Morgan fingerprint density at radius 2 is 1.02 bits per heavy atom. The van der Waals surface area contributed by atoms with E-state index in [1.165, 1.54) is 46.6 Å². The number of ketones is 1. The van der Waals surface area contributed by atoms with Crippen LogP contribution in [0, 0.1) is 22.7 Å². The maximum atomic E-state index is 12.8. The first-order valence-corrected chi connectivity index (χ1v) is 15.3. The summed E-state index contributed by atoms with van der Waals surface area (Å²) in [5.41, 5.74) is 3.41. The molecule has 0 saturated heterocycles. The lowest BCUT2D eigenvalue weighted by Crippen LogP contribution is -2.26. The predicted molar refractivity (Wildman–Crippen MR) is 186 cm³/mol. The van der Waals surface area contributed by atoms with Crippen LogP contribution in [-0.4, -0.2) is 45.1 Å². The molecule has 10 nitrogen and oxygen atoms in total. The largest absolute Gasteiger partial charge is 0.493 e. The van der Waals surface area contributed by atoms with Gasteiger partial charge in [-0.3, -0.25) is 14.4 Å². The average molecular weight is 670 g/mol. The summed E-state index contributed by atoms with van der Waals surface area (Å²) in [5, 5.41) is 19.8. The van der Waals surface area contributed by atoms with Crippen molar-refractivity contribution in [1.82, 2.24) is 5.06 Å². The van der Waals surface area contributed by atoms with Crippen LogP contribution in [0.25, 0.3) is 0 Å². The van der Waals surface area contributed by atoms with Crippen molar-refractivity contribution in [3.05, 3.63) is 154 Å². The first-order valence-electron chi connectivity index (χ1n) is 15.3. The fourth-order valence-corrected chi connectivity index (χ4v) is 4.68. The summed E-state index contributed by atoms with van der Waals surface area (Å²) in [4.78, 5) is 30.0. The molecule has 0 fully saturated rings. The number of methoxy groups -OCH3 is 2. The zero-order chi connectivity index (χ0) is 35.9. The van der Waals surface area contributed by atoms with Crippen LogP contribution in [0.4, 0.5) is 0 Å². The van der Waals surface area contributed by atoms with Crippen LogP contribution in [0.2, 0.25) is 0 Å². The van der Waals surface area contributed by atoms with Crippen LogP contribution in [-0.2, 0) is 18.1 Å². The zero-order valence-electron chi connectivity index (χ0n) is 28.1. The quantitative estimate of drug-likeness (QED) is 0.100. The molecular weight excluding hydrogens is 634 g/mol. The van der Waals surface area contributed by atoms with E-state index in [-0.39, 0.29) is 22.5 Å². The number of carbonyl (C=O) groups excluding carboxylic acids is 2. The molecule has 0 aliphatic heterocycles. The molecular formula is C40H35N3O7. The van der Waals surface area contributed by atoms with Gasteiger partial charge >= 0.3 is 0 Å². The molecule has 0 N–H and O–H groups in total. The van der Waals surface area contributed by atoms with E-state index in [1.807, 2.05) is 72.8 Å². The Kier molecular flexibility index (Phi) is 13.1. The third-order valence-corrected chi connectivity index (χ3v) is 7.39. The van der Waals surface area contributed by atoms with Gasteiger partial charge in [-0.2, -0.15) is 10.5 Å². The van der Waals surface area contributed by atoms with Gasteiger partial charge in [-0.05, 0) is 23.3 Å². The lowest BCUT2D eigenvalue weighted by atomic mass is 9.98. The van der Waals surface area contributed by atoms with Gasteiger partial charge in [0.05, 0.1) is 38.0 Å². The fourth-order valence-electron chi connectivity index (χ4n) is 4.68. The Morgan fingerprint density at radius 3 is 1.44 bits per heavy atom. The molecule has 1 amide bonds. The number of hydrogen-bond donors (Lipinski definition) is 0. The Labute approximate surface area is 291 Å². The zero-order valence-corrected chi connectivity index (χ0v) is 28.1. The summed E-state index contributed by atoms with van der Waals surface area (Å²) < 4.78 is 22.2. The molecule has 5 aromatic rings. The second-order valence-corrected chi connectivity index (χ2v) is 10.5. The summed E-state index contributed by atoms with van der Waals surface area (Å²) in [6.45, 7) is 0.652. The van der Waals surface area contributed by atoms with Crippen molar-refractivity contribution in [3.8, 4) is 35.1 Å². The molecule has 0 unspecified atom stereocenters. The normalized spacial score (nSPS) is 9.96. The molecule has 0 heterocycles. The van der Waals surface area contributed by atoms with Gasteiger partial charge in [-0.25, -0.2) is 5.06 Å². The summed E-state index contributed by atoms with van der Waals surface area (Å²) in [6, 6.07) is 38.3. The van der Waals surface area contributed by atoms with Crippen molar-refractivity contribution in [2.75, 3.05) is 28.4 Å². The molecule has 5 rings (SSSR count). The molecule has 0 spiro atoms. The Hall–Kier alpha value is -6.62. The predicted octanol–water partition coefficient (Wildman–Crippen LogP) is 7.16. The van der Waals surface area contributed by atoms with Gasteiger partial charge in [0, 0.05) is 30.3 Å². The number of nitrogens with zero attached hydrogens (tertiary/aromatic N) is 3. The number of benzene rings is 5. The highest BCUT2D eigenvalue weighted by molar-refractivity contribution is 6.10. The molecule has 0 atom stereocenters. The van der Waals surface area contributed by atoms with Crippen LogP contribution in [0.3, 0.4) is 0 Å². The molecule has 0 bridgehead atoms. The minimum atomic E-state index is -0.443. The van der Waals surface area contributed by atoms with E-state index in [9.17, 15) is 20.1 Å². The van der Waals surface area contributed by atoms with Gasteiger partial charge in [0.15, 0.2) is 28.8 Å². The van der Waals surface area contributed by atoms with E-state index in [4.69, 9.17) is 23.8 Å². The number of hydroxylamine groups is 2. The SMILES string of the molecule is COc1cc(C#N)c(C(=O)N(C)OC)cc1OCc1ccccc1.COc1cc(C#N)c(C(=O)c2ccccc2)cc1OCc1ccccc1. The van der Waals surface area contributed by atoms with E-state index in [0.717, 1.165) is 16.2 Å². The van der Waals surface area contributed by atoms with Crippen LogP contribution < -0.4 is 18.9 Å². The van der Waals surface area contributed by atoms with Crippen LogP contribution >= 0.6 is 0 Å². The second kappa shape index (κ2) is 18.1. The van der Waals surface area contributed by atoms with Crippen molar-refractivity contribution < 1.29 is 33.4 Å². The maximum absolute atomic E-state index is 12.8. The number of carbonyl (C=O) groups is 2. The monoisotopic (exact) mass is 669 g/mol. The van der Waals surface area contributed by atoms with Crippen molar-refractivity contribution in [2.24, 2.45) is 0 Å². The number of hydrogen-bond acceptors (Lipinski definition) is 9. The Morgan fingerprint density at radius 1 is 0.600 bits per heavy atom. The standard InChI is InChI=1S/C22H17NO3.C18H18N2O4/c1-25-20-12-18(14-23)19(22(24)17-10-6-3-7-11-17)13-21(20)26-15-16-8-4-2-5-9-16;1-20(23-3)18(21)15-10-17(16(22-2)9-14(15)11-19)24-12-13-7-5-4-6-8-13/h2-13H,15H2,1H3;4-10H,12H2,1-3H3. The molecule has 0 aromatic heterocycles. The van der Waals surface area contributed by atoms with E-state index < -0.39 is 5.91 Å². The molecule has 0 aliphatic carbocycles. The lowest BCUT2D eigenvalue weighted by molar-refractivity contribution is -0.0757. The topological polar surface area (TPSA) is 131 Å². The molecule has 0 radical (unpaired) electrons. The number of ether oxygens (including phenoxy) is 4. The highest BCUT2D eigenvalue weighted by atomic mass is 16.7. The van der Waals surface area contributed by atoms with Gasteiger partial charge in [-0.15, -0.1) is 0 Å². The summed E-state index contributed by atoms with van der Waals surface area (Å²) >= 11 is 0. The Balaban J connectivity index is 0.000000226. The van der Waals surface area contributed by atoms with Crippen molar-refractivity contribution in [2.45, 2.75) is 13.2 Å². The van der Waals surface area contributed by atoms with Gasteiger partial charge < -0.3 is 18.9 Å². The summed E-state index contributed by atoms with van der Waals surface area (Å²) in [7, 11) is 5.83. The molecule has 5 aromatic carbocycles. The molecule has 50 heavy (non-hydrogen) atoms. The van der Waals surface area contributed by atoms with E-state index in [2.05, 4.69) is 6.07 Å². The van der Waals surface area contributed by atoms with E-state index >= 15 is 0 Å².